The highest BCUT2D eigenvalue weighted by atomic mass is 32.1. The number of amides is 2. The standard InChI is InChI=1S/C35H36N4O5S/c1-19-14-21(18-36)15-20(2)30(19)39-33(40)26-16-27-29(44-12-10-22-11-13-45-32(22)27)17-25(26)24-8-9-28(38-31(24)35(42)43-3)34(41)37-23-6-4-5-7-23/h8-9,11,13-17,23H,4-7,10,12,18,36H2,1-3H3,(H,37,41)(H,39,40). The summed E-state index contributed by atoms with van der Waals surface area (Å²) in [4.78, 5) is 46.0. The molecule has 10 heteroatoms. The van der Waals surface area contributed by atoms with Gasteiger partial charge in [0.25, 0.3) is 11.8 Å². The summed E-state index contributed by atoms with van der Waals surface area (Å²) < 4.78 is 11.3. The maximum atomic E-state index is 14.2. The van der Waals surface area contributed by atoms with E-state index in [1.807, 2.05) is 37.4 Å². The minimum absolute atomic E-state index is 0.0596. The third-order valence-electron chi connectivity index (χ3n) is 8.54. The quantitative estimate of drug-likeness (QED) is 0.209. The summed E-state index contributed by atoms with van der Waals surface area (Å²) in [5.74, 6) is -0.826. The van der Waals surface area contributed by atoms with Crippen LogP contribution < -0.4 is 21.1 Å². The van der Waals surface area contributed by atoms with Crippen LogP contribution in [0.4, 0.5) is 5.69 Å². The zero-order valence-electron chi connectivity index (χ0n) is 25.6. The molecule has 2 aliphatic rings. The highest BCUT2D eigenvalue weighted by Gasteiger charge is 2.28. The third kappa shape index (κ3) is 6.08. The van der Waals surface area contributed by atoms with Crippen LogP contribution in [0.5, 0.6) is 5.75 Å². The average Bonchev–Trinajstić information content (AvgIpc) is 3.71. The van der Waals surface area contributed by atoms with Crippen molar-refractivity contribution in [3.05, 3.63) is 87.0 Å². The van der Waals surface area contributed by atoms with Gasteiger partial charge >= 0.3 is 5.97 Å². The predicted molar refractivity (Wildman–Crippen MR) is 175 cm³/mol. The first-order valence-corrected chi connectivity index (χ1v) is 16.0. The molecule has 0 radical (unpaired) electrons. The van der Waals surface area contributed by atoms with Gasteiger partial charge in [0.2, 0.25) is 0 Å². The number of anilines is 1. The highest BCUT2D eigenvalue weighted by molar-refractivity contribution is 7.13. The van der Waals surface area contributed by atoms with Crippen molar-refractivity contribution in [1.29, 1.82) is 0 Å². The van der Waals surface area contributed by atoms with Crippen molar-refractivity contribution in [1.82, 2.24) is 10.3 Å². The van der Waals surface area contributed by atoms with Crippen molar-refractivity contribution in [2.75, 3.05) is 19.0 Å². The van der Waals surface area contributed by atoms with E-state index >= 15 is 0 Å². The Morgan fingerprint density at radius 2 is 1.76 bits per heavy atom. The Morgan fingerprint density at radius 1 is 1.00 bits per heavy atom. The first-order chi connectivity index (χ1) is 21.8. The molecule has 1 aliphatic heterocycles. The molecular formula is C35H36N4O5S. The van der Waals surface area contributed by atoms with Crippen LogP contribution in [0.1, 0.15) is 79.3 Å². The maximum Gasteiger partial charge on any atom is 0.357 e. The molecule has 4 N–H and O–H groups in total. The van der Waals surface area contributed by atoms with Crippen LogP contribution in [-0.4, -0.2) is 42.5 Å². The van der Waals surface area contributed by atoms with Crippen LogP contribution in [0.3, 0.4) is 0 Å². The van der Waals surface area contributed by atoms with Gasteiger partial charge in [0, 0.05) is 51.8 Å². The van der Waals surface area contributed by atoms with Gasteiger partial charge in [-0.05, 0) is 84.7 Å². The monoisotopic (exact) mass is 624 g/mol. The molecule has 0 bridgehead atoms. The fourth-order valence-corrected chi connectivity index (χ4v) is 7.24. The van der Waals surface area contributed by atoms with E-state index in [1.165, 1.54) is 7.11 Å². The Labute approximate surface area is 266 Å². The molecule has 0 spiro atoms. The van der Waals surface area contributed by atoms with Gasteiger partial charge in [-0.25, -0.2) is 9.78 Å². The molecule has 2 aromatic heterocycles. The third-order valence-corrected chi connectivity index (χ3v) is 9.53. The first-order valence-electron chi connectivity index (χ1n) is 15.2. The van der Waals surface area contributed by atoms with E-state index < -0.39 is 5.97 Å². The van der Waals surface area contributed by atoms with E-state index in [2.05, 4.69) is 21.7 Å². The lowest BCUT2D eigenvalue weighted by atomic mass is 9.93. The number of ether oxygens (including phenoxy) is 2. The van der Waals surface area contributed by atoms with E-state index in [-0.39, 0.29) is 29.2 Å². The van der Waals surface area contributed by atoms with E-state index in [1.54, 1.807) is 29.5 Å². The number of carbonyl (C=O) groups excluding carboxylic acids is 3. The number of fused-ring (bicyclic) bond motifs is 3. The summed E-state index contributed by atoms with van der Waals surface area (Å²) in [6.07, 6.45) is 4.70. The van der Waals surface area contributed by atoms with E-state index in [0.29, 0.717) is 41.3 Å². The second-order valence-electron chi connectivity index (χ2n) is 11.6. The smallest absolute Gasteiger partial charge is 0.357 e. The number of methoxy groups -OCH3 is 1. The van der Waals surface area contributed by atoms with Gasteiger partial charge in [0.1, 0.15) is 11.4 Å². The van der Waals surface area contributed by atoms with Gasteiger partial charge in [-0.3, -0.25) is 9.59 Å². The molecule has 0 saturated heterocycles. The van der Waals surface area contributed by atoms with Gasteiger partial charge in [-0.1, -0.05) is 25.0 Å². The lowest BCUT2D eigenvalue weighted by molar-refractivity contribution is 0.0594. The molecule has 4 aromatic rings. The molecule has 3 heterocycles. The zero-order chi connectivity index (χ0) is 31.7. The van der Waals surface area contributed by atoms with Crippen molar-refractivity contribution in [2.24, 2.45) is 5.73 Å². The lowest BCUT2D eigenvalue weighted by Crippen LogP contribution is -2.33. The van der Waals surface area contributed by atoms with E-state index in [0.717, 1.165) is 64.8 Å². The van der Waals surface area contributed by atoms with Crippen LogP contribution in [0, 0.1) is 13.8 Å². The number of nitrogens with one attached hydrogen (secondary N) is 2. The normalized spacial score (nSPS) is 14.1. The Kier molecular flexibility index (Phi) is 8.69. The van der Waals surface area contributed by atoms with Crippen LogP contribution in [0.2, 0.25) is 0 Å². The van der Waals surface area contributed by atoms with Crippen molar-refractivity contribution in [3.63, 3.8) is 0 Å². The molecule has 9 nitrogen and oxygen atoms in total. The second kappa shape index (κ2) is 12.8. The Bertz CT molecular complexity index is 1780. The molecule has 6 rings (SSSR count). The first kappa shape index (κ1) is 30.5. The summed E-state index contributed by atoms with van der Waals surface area (Å²) in [7, 11) is 1.27. The summed E-state index contributed by atoms with van der Waals surface area (Å²) in [6, 6.07) is 12.9. The topological polar surface area (TPSA) is 133 Å². The van der Waals surface area contributed by atoms with Gasteiger partial charge in [0.05, 0.1) is 13.7 Å². The van der Waals surface area contributed by atoms with Crippen molar-refractivity contribution in [2.45, 2.75) is 58.5 Å². The molecule has 2 aromatic carbocycles. The zero-order valence-corrected chi connectivity index (χ0v) is 26.4. The predicted octanol–water partition coefficient (Wildman–Crippen LogP) is 6.20. The number of nitrogens with zero attached hydrogens (tertiary/aromatic N) is 1. The molecule has 2 amide bonds. The minimum atomic E-state index is -0.715. The lowest BCUT2D eigenvalue weighted by Gasteiger charge is -2.19. The molecule has 0 atom stereocenters. The van der Waals surface area contributed by atoms with Crippen molar-refractivity contribution in [3.8, 4) is 27.3 Å². The van der Waals surface area contributed by atoms with Crippen molar-refractivity contribution < 1.29 is 23.9 Å². The van der Waals surface area contributed by atoms with E-state index in [9.17, 15) is 14.4 Å². The number of nitrogens with two attached hydrogens (primary N) is 1. The minimum Gasteiger partial charge on any atom is -0.493 e. The van der Waals surface area contributed by atoms with Crippen LogP contribution in [0.25, 0.3) is 21.6 Å². The average molecular weight is 625 g/mol. The number of aryl methyl sites for hydroxylation is 2. The highest BCUT2D eigenvalue weighted by Crippen LogP contribution is 2.43. The molecule has 1 fully saturated rings. The largest absolute Gasteiger partial charge is 0.493 e. The van der Waals surface area contributed by atoms with Crippen LogP contribution >= 0.6 is 11.3 Å². The Hall–Kier alpha value is -4.54. The summed E-state index contributed by atoms with van der Waals surface area (Å²) >= 11 is 1.59. The SMILES string of the molecule is COC(=O)c1nc(C(=O)NC2CCCC2)ccc1-c1cc2c(cc1C(=O)Nc1c(C)cc(CN)cc1C)-c1sccc1CCO2. The fourth-order valence-electron chi connectivity index (χ4n) is 6.26. The summed E-state index contributed by atoms with van der Waals surface area (Å²) in [6.45, 7) is 4.72. The molecular weight excluding hydrogens is 588 g/mol. The number of hydrogen-bond acceptors (Lipinski definition) is 8. The van der Waals surface area contributed by atoms with Gasteiger partial charge in [-0.2, -0.15) is 0 Å². The number of hydrogen-bond donors (Lipinski definition) is 3. The summed E-state index contributed by atoms with van der Waals surface area (Å²) in [5, 5.41) is 8.17. The van der Waals surface area contributed by atoms with Gasteiger partial charge < -0.3 is 25.8 Å². The maximum absolute atomic E-state index is 14.2. The molecule has 0 unspecified atom stereocenters. The summed E-state index contributed by atoms with van der Waals surface area (Å²) in [5.41, 5.74) is 12.4. The van der Waals surface area contributed by atoms with Crippen LogP contribution in [0.15, 0.2) is 47.8 Å². The number of carbonyl (C=O) groups is 3. The van der Waals surface area contributed by atoms with Crippen LogP contribution in [-0.2, 0) is 17.7 Å². The molecule has 1 saturated carbocycles. The number of rotatable bonds is 7. The van der Waals surface area contributed by atoms with E-state index in [4.69, 9.17) is 15.2 Å². The second-order valence-corrected chi connectivity index (χ2v) is 12.5. The number of thiophene rings is 1. The number of aromatic nitrogens is 1. The van der Waals surface area contributed by atoms with Gasteiger partial charge in [0.15, 0.2) is 5.69 Å². The fraction of sp³-hybridized carbons (Fsp3) is 0.314. The number of esters is 1. The molecule has 1 aliphatic carbocycles. The molecule has 45 heavy (non-hydrogen) atoms. The molecule has 232 valence electrons. The van der Waals surface area contributed by atoms with Crippen molar-refractivity contribution >= 4 is 34.8 Å². The Balaban J connectivity index is 1.49. The Morgan fingerprint density at radius 3 is 2.47 bits per heavy atom. The number of pyridine rings is 1. The number of benzene rings is 2. The van der Waals surface area contributed by atoms with Gasteiger partial charge in [-0.15, -0.1) is 11.3 Å².